The van der Waals surface area contributed by atoms with E-state index in [1.165, 1.54) is 18.2 Å². The van der Waals surface area contributed by atoms with E-state index in [2.05, 4.69) is 10.3 Å². The summed E-state index contributed by atoms with van der Waals surface area (Å²) in [5, 5.41) is 13.5. The fraction of sp³-hybridized carbons (Fsp3) is 0.125. The molecule has 1 heterocycles. The molecule has 0 saturated heterocycles. The number of nitro benzene ring substituents is 1. The van der Waals surface area contributed by atoms with Crippen LogP contribution in [0.3, 0.4) is 0 Å². The Morgan fingerprint density at radius 1 is 1.22 bits per heavy atom. The largest absolute Gasteiger partial charge is 0.494 e. The molecular weight excluding hydrogens is 298 g/mol. The van der Waals surface area contributed by atoms with Crippen molar-refractivity contribution in [3.05, 3.63) is 58.1 Å². The highest BCUT2D eigenvalue weighted by molar-refractivity contribution is 6.54. The van der Waals surface area contributed by atoms with Gasteiger partial charge in [0.05, 0.1) is 22.9 Å². The number of hydrogen-bond donors (Lipinski definition) is 1. The Bertz CT molecular complexity index is 813. The van der Waals surface area contributed by atoms with Gasteiger partial charge >= 0.3 is 0 Å². The van der Waals surface area contributed by atoms with E-state index in [1.807, 2.05) is 6.92 Å². The van der Waals surface area contributed by atoms with Gasteiger partial charge in [-0.1, -0.05) is 0 Å². The summed E-state index contributed by atoms with van der Waals surface area (Å²) >= 11 is 0. The number of fused-ring (bicyclic) bond motifs is 1. The third-order valence-electron chi connectivity index (χ3n) is 3.32. The average Bonchev–Trinajstić information content (AvgIpc) is 2.84. The maximum Gasteiger partial charge on any atom is 0.275 e. The smallest absolute Gasteiger partial charge is 0.275 e. The SMILES string of the molecule is CCOc1ccc(N=C2C(=O)Nc3ccc([N+](=O)[O-])cc32)cc1. The van der Waals surface area contributed by atoms with Crippen LogP contribution in [0.15, 0.2) is 47.5 Å². The Hall–Kier alpha value is -3.22. The molecular formula is C16H13N3O4. The van der Waals surface area contributed by atoms with Crippen LogP contribution >= 0.6 is 0 Å². The van der Waals surface area contributed by atoms with Crippen molar-refractivity contribution >= 4 is 28.7 Å². The van der Waals surface area contributed by atoms with Crippen LogP contribution in [0, 0.1) is 10.1 Å². The molecule has 0 saturated carbocycles. The van der Waals surface area contributed by atoms with E-state index in [0.717, 1.165) is 0 Å². The molecule has 0 atom stereocenters. The molecule has 23 heavy (non-hydrogen) atoms. The normalized spacial score (nSPS) is 14.5. The van der Waals surface area contributed by atoms with Gasteiger partial charge < -0.3 is 10.1 Å². The molecule has 7 heteroatoms. The first-order valence-corrected chi connectivity index (χ1v) is 7.00. The quantitative estimate of drug-likeness (QED) is 0.693. The summed E-state index contributed by atoms with van der Waals surface area (Å²) < 4.78 is 5.35. The number of anilines is 1. The zero-order valence-corrected chi connectivity index (χ0v) is 12.3. The molecule has 1 aliphatic heterocycles. The van der Waals surface area contributed by atoms with Gasteiger partial charge in [0.1, 0.15) is 11.5 Å². The van der Waals surface area contributed by atoms with Gasteiger partial charge in [-0.2, -0.15) is 0 Å². The second-order valence-corrected chi connectivity index (χ2v) is 4.83. The number of nitro groups is 1. The van der Waals surface area contributed by atoms with Gasteiger partial charge in [0.2, 0.25) is 0 Å². The van der Waals surface area contributed by atoms with Gasteiger partial charge in [0.15, 0.2) is 0 Å². The van der Waals surface area contributed by atoms with Gasteiger partial charge in [0.25, 0.3) is 11.6 Å². The van der Waals surface area contributed by atoms with Crippen LogP contribution in [0.5, 0.6) is 5.75 Å². The van der Waals surface area contributed by atoms with Crippen molar-refractivity contribution in [3.63, 3.8) is 0 Å². The molecule has 0 spiro atoms. The standard InChI is InChI=1S/C16H13N3O4/c1-2-23-12-6-3-10(4-7-12)17-15-13-9-11(19(21)22)5-8-14(13)18-16(15)20/h3-9H,2H2,1H3,(H,17,18,20). The molecule has 2 aromatic carbocycles. The lowest BCUT2D eigenvalue weighted by Crippen LogP contribution is -2.13. The molecule has 2 aromatic rings. The fourth-order valence-electron chi connectivity index (χ4n) is 2.28. The summed E-state index contributed by atoms with van der Waals surface area (Å²) in [6.07, 6.45) is 0. The first-order chi connectivity index (χ1) is 11.1. The van der Waals surface area contributed by atoms with E-state index < -0.39 is 4.92 Å². The average molecular weight is 311 g/mol. The molecule has 0 aliphatic carbocycles. The number of nitrogens with one attached hydrogen (secondary N) is 1. The molecule has 0 radical (unpaired) electrons. The molecule has 0 aromatic heterocycles. The third kappa shape index (κ3) is 2.89. The number of carbonyl (C=O) groups is 1. The number of hydrogen-bond acceptors (Lipinski definition) is 5. The minimum absolute atomic E-state index is 0.0837. The summed E-state index contributed by atoms with van der Waals surface area (Å²) in [5.74, 6) is 0.331. The molecule has 1 amide bonds. The zero-order valence-electron chi connectivity index (χ0n) is 12.3. The van der Waals surface area contributed by atoms with Crippen molar-refractivity contribution < 1.29 is 14.5 Å². The first-order valence-electron chi connectivity index (χ1n) is 7.00. The molecule has 0 unspecified atom stereocenters. The molecule has 7 nitrogen and oxygen atoms in total. The van der Waals surface area contributed by atoms with E-state index in [0.29, 0.717) is 29.3 Å². The lowest BCUT2D eigenvalue weighted by molar-refractivity contribution is -0.384. The molecule has 3 rings (SSSR count). The topological polar surface area (TPSA) is 93.8 Å². The molecule has 1 N–H and O–H groups in total. The molecule has 116 valence electrons. The number of rotatable bonds is 4. The summed E-state index contributed by atoms with van der Waals surface area (Å²) in [5.41, 5.74) is 1.59. The number of benzene rings is 2. The number of non-ortho nitro benzene ring substituents is 1. The monoisotopic (exact) mass is 311 g/mol. The zero-order chi connectivity index (χ0) is 16.4. The Kier molecular flexibility index (Phi) is 3.76. The predicted molar refractivity (Wildman–Crippen MR) is 85.5 cm³/mol. The van der Waals surface area contributed by atoms with Crippen LogP contribution < -0.4 is 10.1 Å². The van der Waals surface area contributed by atoms with Crippen LogP contribution in [-0.4, -0.2) is 23.1 Å². The van der Waals surface area contributed by atoms with Crippen molar-refractivity contribution in [3.8, 4) is 5.75 Å². The number of nitrogens with zero attached hydrogens (tertiary/aromatic N) is 2. The maximum atomic E-state index is 12.0. The minimum Gasteiger partial charge on any atom is -0.494 e. The lowest BCUT2D eigenvalue weighted by Gasteiger charge is -2.03. The van der Waals surface area contributed by atoms with Crippen LogP contribution in [0.2, 0.25) is 0 Å². The number of amides is 1. The Balaban J connectivity index is 1.98. The van der Waals surface area contributed by atoms with Crippen molar-refractivity contribution in [2.45, 2.75) is 6.92 Å². The van der Waals surface area contributed by atoms with Crippen LogP contribution in [0.25, 0.3) is 0 Å². The van der Waals surface area contributed by atoms with Gasteiger partial charge in [-0.05, 0) is 37.3 Å². The highest BCUT2D eigenvalue weighted by Gasteiger charge is 2.28. The number of aliphatic imine (C=N–C) groups is 1. The Labute approximate surface area is 131 Å². The van der Waals surface area contributed by atoms with Gasteiger partial charge in [-0.3, -0.25) is 14.9 Å². The van der Waals surface area contributed by atoms with E-state index in [1.54, 1.807) is 24.3 Å². The summed E-state index contributed by atoms with van der Waals surface area (Å²) in [6, 6.07) is 11.2. The van der Waals surface area contributed by atoms with Crippen LogP contribution in [0.4, 0.5) is 17.1 Å². The van der Waals surface area contributed by atoms with Crippen LogP contribution in [-0.2, 0) is 4.79 Å². The second-order valence-electron chi connectivity index (χ2n) is 4.83. The number of carbonyl (C=O) groups excluding carboxylic acids is 1. The first kappa shape index (κ1) is 14.7. The summed E-state index contributed by atoms with van der Waals surface area (Å²) in [4.78, 5) is 26.7. The fourth-order valence-corrected chi connectivity index (χ4v) is 2.28. The maximum absolute atomic E-state index is 12.0. The van der Waals surface area contributed by atoms with Gasteiger partial charge in [-0.15, -0.1) is 0 Å². The number of ether oxygens (including phenoxy) is 1. The summed E-state index contributed by atoms with van der Waals surface area (Å²) in [6.45, 7) is 2.45. The molecule has 0 bridgehead atoms. The van der Waals surface area contributed by atoms with Gasteiger partial charge in [0, 0.05) is 17.7 Å². The van der Waals surface area contributed by atoms with E-state index >= 15 is 0 Å². The van der Waals surface area contributed by atoms with Gasteiger partial charge in [-0.25, -0.2) is 4.99 Å². The van der Waals surface area contributed by atoms with E-state index in [9.17, 15) is 14.9 Å². The van der Waals surface area contributed by atoms with Crippen molar-refractivity contribution in [1.29, 1.82) is 0 Å². The van der Waals surface area contributed by atoms with E-state index in [4.69, 9.17) is 4.74 Å². The summed E-state index contributed by atoms with van der Waals surface area (Å²) in [7, 11) is 0. The minimum atomic E-state index is -0.502. The Morgan fingerprint density at radius 3 is 2.61 bits per heavy atom. The second kappa shape index (κ2) is 5.88. The molecule has 0 fully saturated rings. The molecule has 1 aliphatic rings. The highest BCUT2D eigenvalue weighted by Crippen LogP contribution is 2.29. The lowest BCUT2D eigenvalue weighted by atomic mass is 10.1. The Morgan fingerprint density at radius 2 is 1.96 bits per heavy atom. The van der Waals surface area contributed by atoms with Crippen molar-refractivity contribution in [2.24, 2.45) is 4.99 Å². The van der Waals surface area contributed by atoms with Crippen LogP contribution in [0.1, 0.15) is 12.5 Å². The van der Waals surface area contributed by atoms with Crippen molar-refractivity contribution in [1.82, 2.24) is 0 Å². The predicted octanol–water partition coefficient (Wildman–Crippen LogP) is 3.07. The van der Waals surface area contributed by atoms with E-state index in [-0.39, 0.29) is 17.3 Å². The van der Waals surface area contributed by atoms with Crippen molar-refractivity contribution in [2.75, 3.05) is 11.9 Å². The highest BCUT2D eigenvalue weighted by atomic mass is 16.6. The third-order valence-corrected chi connectivity index (χ3v) is 3.32.